The standard InChI is InChI=1S/C14H14ClFN2O2/c15-10-3-1-2-9(12(10)16)11-13(18-20-14(11)17)8-4-6-19-7-5-8/h1-3,8H,4-7,17H2. The van der Waals surface area contributed by atoms with E-state index in [0.717, 1.165) is 12.8 Å². The van der Waals surface area contributed by atoms with Gasteiger partial charge in [-0.3, -0.25) is 0 Å². The zero-order valence-corrected chi connectivity index (χ0v) is 11.5. The van der Waals surface area contributed by atoms with E-state index in [1.807, 2.05) is 0 Å². The largest absolute Gasteiger partial charge is 0.381 e. The van der Waals surface area contributed by atoms with E-state index in [4.69, 9.17) is 26.6 Å². The number of ether oxygens (including phenoxy) is 1. The van der Waals surface area contributed by atoms with Crippen LogP contribution in [0.3, 0.4) is 0 Å². The van der Waals surface area contributed by atoms with Crippen molar-refractivity contribution in [2.24, 2.45) is 0 Å². The van der Waals surface area contributed by atoms with Crippen LogP contribution in [0.5, 0.6) is 0 Å². The van der Waals surface area contributed by atoms with Gasteiger partial charge in [0.15, 0.2) is 0 Å². The number of hydrogen-bond acceptors (Lipinski definition) is 4. The van der Waals surface area contributed by atoms with Gasteiger partial charge >= 0.3 is 0 Å². The molecule has 1 aliphatic rings. The third kappa shape index (κ3) is 2.27. The molecule has 0 bridgehead atoms. The van der Waals surface area contributed by atoms with Crippen molar-refractivity contribution < 1.29 is 13.7 Å². The predicted octanol–water partition coefficient (Wildman–Crippen LogP) is 3.61. The van der Waals surface area contributed by atoms with Crippen LogP contribution in [0.1, 0.15) is 24.5 Å². The maximum absolute atomic E-state index is 14.2. The first kappa shape index (κ1) is 13.4. The van der Waals surface area contributed by atoms with Crippen molar-refractivity contribution in [2.45, 2.75) is 18.8 Å². The molecule has 1 saturated heterocycles. The van der Waals surface area contributed by atoms with Crippen molar-refractivity contribution in [1.82, 2.24) is 5.16 Å². The second-order valence-corrected chi connectivity index (χ2v) is 5.20. The Morgan fingerprint density at radius 1 is 1.30 bits per heavy atom. The molecule has 0 aliphatic carbocycles. The first-order valence-electron chi connectivity index (χ1n) is 6.45. The van der Waals surface area contributed by atoms with Gasteiger partial charge in [0.1, 0.15) is 5.82 Å². The van der Waals surface area contributed by atoms with E-state index in [-0.39, 0.29) is 16.8 Å². The first-order valence-corrected chi connectivity index (χ1v) is 6.83. The number of rotatable bonds is 2. The van der Waals surface area contributed by atoms with Crippen molar-refractivity contribution >= 4 is 17.5 Å². The zero-order chi connectivity index (χ0) is 14.1. The molecule has 6 heteroatoms. The summed E-state index contributed by atoms with van der Waals surface area (Å²) in [6, 6.07) is 4.81. The number of halogens is 2. The van der Waals surface area contributed by atoms with Gasteiger partial charge in [-0.05, 0) is 18.9 Å². The molecule has 1 aliphatic heterocycles. The number of nitrogens with zero attached hydrogens (tertiary/aromatic N) is 1. The summed E-state index contributed by atoms with van der Waals surface area (Å²) in [5.74, 6) is -0.219. The summed E-state index contributed by atoms with van der Waals surface area (Å²) in [5.41, 5.74) is 7.36. The van der Waals surface area contributed by atoms with Crippen LogP contribution in [-0.4, -0.2) is 18.4 Å². The lowest BCUT2D eigenvalue weighted by atomic mass is 9.91. The fourth-order valence-corrected chi connectivity index (χ4v) is 2.71. The van der Waals surface area contributed by atoms with Gasteiger partial charge in [-0.2, -0.15) is 0 Å². The topological polar surface area (TPSA) is 61.3 Å². The summed E-state index contributed by atoms with van der Waals surface area (Å²) in [4.78, 5) is 0. The summed E-state index contributed by atoms with van der Waals surface area (Å²) in [6.45, 7) is 1.32. The summed E-state index contributed by atoms with van der Waals surface area (Å²) in [7, 11) is 0. The highest BCUT2D eigenvalue weighted by Gasteiger charge is 2.27. The predicted molar refractivity (Wildman–Crippen MR) is 74.1 cm³/mol. The Labute approximate surface area is 120 Å². The second kappa shape index (κ2) is 5.42. The lowest BCUT2D eigenvalue weighted by Crippen LogP contribution is -2.15. The monoisotopic (exact) mass is 296 g/mol. The van der Waals surface area contributed by atoms with Crippen molar-refractivity contribution in [3.63, 3.8) is 0 Å². The van der Waals surface area contributed by atoms with Crippen LogP contribution in [0, 0.1) is 5.82 Å². The fourth-order valence-electron chi connectivity index (χ4n) is 2.53. The van der Waals surface area contributed by atoms with Crippen molar-refractivity contribution in [3.8, 4) is 11.1 Å². The number of nitrogens with two attached hydrogens (primary N) is 1. The second-order valence-electron chi connectivity index (χ2n) is 4.80. The summed E-state index contributed by atoms with van der Waals surface area (Å²) in [5, 5.41) is 4.08. The van der Waals surface area contributed by atoms with E-state index in [9.17, 15) is 4.39 Å². The Morgan fingerprint density at radius 3 is 2.80 bits per heavy atom. The maximum atomic E-state index is 14.2. The molecule has 0 radical (unpaired) electrons. The summed E-state index contributed by atoms with van der Waals surface area (Å²) < 4.78 is 24.6. The van der Waals surface area contributed by atoms with Gasteiger partial charge in [0.05, 0.1) is 16.3 Å². The Kier molecular flexibility index (Phi) is 3.63. The molecule has 0 atom stereocenters. The number of aromatic nitrogens is 1. The maximum Gasteiger partial charge on any atom is 0.230 e. The molecule has 0 saturated carbocycles. The Morgan fingerprint density at radius 2 is 2.05 bits per heavy atom. The average Bonchev–Trinajstić information content (AvgIpc) is 2.85. The van der Waals surface area contributed by atoms with E-state index in [2.05, 4.69) is 5.16 Å². The van der Waals surface area contributed by atoms with Gasteiger partial charge < -0.3 is 15.0 Å². The number of hydrogen-bond donors (Lipinski definition) is 1. The molecule has 3 rings (SSSR count). The van der Waals surface area contributed by atoms with Gasteiger partial charge in [-0.1, -0.05) is 28.9 Å². The van der Waals surface area contributed by atoms with Gasteiger partial charge in [0.2, 0.25) is 5.88 Å². The normalized spacial score (nSPS) is 16.5. The Hall–Kier alpha value is -1.59. The minimum Gasteiger partial charge on any atom is -0.381 e. The molecule has 106 valence electrons. The van der Waals surface area contributed by atoms with Crippen LogP contribution in [-0.2, 0) is 4.74 Å². The molecule has 2 N–H and O–H groups in total. The molecule has 1 fully saturated rings. The highest BCUT2D eigenvalue weighted by molar-refractivity contribution is 6.31. The summed E-state index contributed by atoms with van der Waals surface area (Å²) >= 11 is 5.83. The van der Waals surface area contributed by atoms with Gasteiger partial charge in [-0.15, -0.1) is 0 Å². The molecule has 20 heavy (non-hydrogen) atoms. The third-order valence-electron chi connectivity index (χ3n) is 3.57. The van der Waals surface area contributed by atoms with Crippen LogP contribution in [0.15, 0.2) is 22.7 Å². The van der Waals surface area contributed by atoms with E-state index >= 15 is 0 Å². The minimum absolute atomic E-state index is 0.0565. The van der Waals surface area contributed by atoms with Crippen molar-refractivity contribution in [2.75, 3.05) is 18.9 Å². The molecule has 2 heterocycles. The van der Waals surface area contributed by atoms with Crippen LogP contribution in [0.2, 0.25) is 5.02 Å². The quantitative estimate of drug-likeness (QED) is 0.919. The van der Waals surface area contributed by atoms with Gasteiger partial charge in [-0.25, -0.2) is 4.39 Å². The van der Waals surface area contributed by atoms with Crippen LogP contribution in [0.25, 0.3) is 11.1 Å². The van der Waals surface area contributed by atoms with Gasteiger partial charge in [0, 0.05) is 24.7 Å². The fraction of sp³-hybridized carbons (Fsp3) is 0.357. The molecule has 4 nitrogen and oxygen atoms in total. The Bertz CT molecular complexity index is 624. The highest BCUT2D eigenvalue weighted by Crippen LogP contribution is 2.39. The van der Waals surface area contributed by atoms with E-state index < -0.39 is 5.82 Å². The van der Waals surface area contributed by atoms with E-state index in [0.29, 0.717) is 30.0 Å². The molecular weight excluding hydrogens is 283 g/mol. The van der Waals surface area contributed by atoms with Gasteiger partial charge in [0.25, 0.3) is 0 Å². The smallest absolute Gasteiger partial charge is 0.230 e. The van der Waals surface area contributed by atoms with E-state index in [1.54, 1.807) is 12.1 Å². The SMILES string of the molecule is Nc1onc(C2CCOCC2)c1-c1cccc(Cl)c1F. The van der Waals surface area contributed by atoms with Crippen LogP contribution in [0.4, 0.5) is 10.3 Å². The molecule has 1 aromatic heterocycles. The molecule has 0 spiro atoms. The number of benzene rings is 1. The molecular formula is C14H14ClFN2O2. The van der Waals surface area contributed by atoms with Crippen LogP contribution < -0.4 is 5.73 Å². The van der Waals surface area contributed by atoms with Crippen molar-refractivity contribution in [3.05, 3.63) is 34.7 Å². The Balaban J connectivity index is 2.09. The molecule has 2 aromatic rings. The number of anilines is 1. The van der Waals surface area contributed by atoms with Crippen molar-refractivity contribution in [1.29, 1.82) is 0 Å². The number of nitrogen functional groups attached to an aromatic ring is 1. The lowest BCUT2D eigenvalue weighted by molar-refractivity contribution is 0.0839. The first-order chi connectivity index (χ1) is 9.68. The zero-order valence-electron chi connectivity index (χ0n) is 10.7. The highest BCUT2D eigenvalue weighted by atomic mass is 35.5. The third-order valence-corrected chi connectivity index (χ3v) is 3.87. The van der Waals surface area contributed by atoms with E-state index in [1.165, 1.54) is 6.07 Å². The average molecular weight is 297 g/mol. The lowest BCUT2D eigenvalue weighted by Gasteiger charge is -2.21. The molecule has 0 amide bonds. The van der Waals surface area contributed by atoms with Crippen LogP contribution >= 0.6 is 11.6 Å². The molecule has 0 unspecified atom stereocenters. The molecule has 1 aromatic carbocycles. The minimum atomic E-state index is -0.502. The summed E-state index contributed by atoms with van der Waals surface area (Å²) in [6.07, 6.45) is 1.64.